The fourth-order valence-electron chi connectivity index (χ4n) is 2.36. The lowest BCUT2D eigenvalue weighted by atomic mass is 10.2. The first-order valence-electron chi connectivity index (χ1n) is 6.92. The number of nitrogens with one attached hydrogen (secondary N) is 1. The van der Waals surface area contributed by atoms with Gasteiger partial charge in [0, 0.05) is 25.7 Å². The molecule has 20 heavy (non-hydrogen) atoms. The maximum atomic E-state index is 12.6. The molecule has 1 heterocycles. The number of hydrogen-bond acceptors (Lipinski definition) is 4. The standard InChI is InChI=1S/C14H22N2O3S/c1-4-19-14-6-5-13(9-11(14)2)20(17,18)16-8-7-15-12(3)10-16/h5-6,9,12,15H,4,7-8,10H2,1-3H3/t12-/m0/s1. The predicted molar refractivity (Wildman–Crippen MR) is 78.6 cm³/mol. The molecule has 2 rings (SSSR count). The van der Waals surface area contributed by atoms with Crippen molar-refractivity contribution in [3.05, 3.63) is 23.8 Å². The fraction of sp³-hybridized carbons (Fsp3) is 0.571. The third kappa shape index (κ3) is 3.13. The van der Waals surface area contributed by atoms with Crippen LogP contribution in [0, 0.1) is 6.92 Å². The summed E-state index contributed by atoms with van der Waals surface area (Å²) in [6.45, 7) is 8.05. The summed E-state index contributed by atoms with van der Waals surface area (Å²) >= 11 is 0. The Morgan fingerprint density at radius 2 is 2.20 bits per heavy atom. The van der Waals surface area contributed by atoms with Crippen molar-refractivity contribution in [3.8, 4) is 5.75 Å². The van der Waals surface area contributed by atoms with E-state index in [1.54, 1.807) is 22.5 Å². The molecule has 6 heteroatoms. The zero-order valence-corrected chi connectivity index (χ0v) is 13.0. The van der Waals surface area contributed by atoms with Gasteiger partial charge in [0.1, 0.15) is 5.75 Å². The van der Waals surface area contributed by atoms with Crippen LogP contribution in [-0.2, 0) is 10.0 Å². The Balaban J connectivity index is 2.27. The zero-order chi connectivity index (χ0) is 14.8. The Labute approximate surface area is 121 Å². The highest BCUT2D eigenvalue weighted by atomic mass is 32.2. The van der Waals surface area contributed by atoms with Crippen LogP contribution in [-0.4, -0.2) is 45.0 Å². The van der Waals surface area contributed by atoms with Crippen LogP contribution in [0.3, 0.4) is 0 Å². The quantitative estimate of drug-likeness (QED) is 0.912. The lowest BCUT2D eigenvalue weighted by molar-refractivity contribution is 0.310. The van der Waals surface area contributed by atoms with Crippen LogP contribution in [0.2, 0.25) is 0 Å². The number of rotatable bonds is 4. The van der Waals surface area contributed by atoms with Crippen molar-refractivity contribution >= 4 is 10.0 Å². The second kappa shape index (κ2) is 6.11. The molecule has 5 nitrogen and oxygen atoms in total. The van der Waals surface area contributed by atoms with Gasteiger partial charge in [-0.25, -0.2) is 8.42 Å². The first-order chi connectivity index (χ1) is 9.45. The van der Waals surface area contributed by atoms with Gasteiger partial charge in [-0.2, -0.15) is 4.31 Å². The molecule has 0 amide bonds. The average Bonchev–Trinajstić information content (AvgIpc) is 2.41. The van der Waals surface area contributed by atoms with Crippen LogP contribution in [0.5, 0.6) is 5.75 Å². The van der Waals surface area contributed by atoms with Crippen molar-refractivity contribution in [1.29, 1.82) is 0 Å². The van der Waals surface area contributed by atoms with Crippen molar-refractivity contribution in [1.82, 2.24) is 9.62 Å². The molecule has 0 bridgehead atoms. The lowest BCUT2D eigenvalue weighted by Crippen LogP contribution is -2.51. The van der Waals surface area contributed by atoms with Gasteiger partial charge in [-0.05, 0) is 44.5 Å². The minimum Gasteiger partial charge on any atom is -0.494 e. The van der Waals surface area contributed by atoms with E-state index >= 15 is 0 Å². The molecule has 0 spiro atoms. The normalized spacial score (nSPS) is 20.9. The predicted octanol–water partition coefficient (Wildman–Crippen LogP) is 1.38. The molecule has 112 valence electrons. The molecule has 1 atom stereocenters. The summed E-state index contributed by atoms with van der Waals surface area (Å²) in [7, 11) is -3.41. The van der Waals surface area contributed by atoms with Crippen LogP contribution in [0.1, 0.15) is 19.4 Å². The number of benzene rings is 1. The van der Waals surface area contributed by atoms with E-state index in [1.165, 1.54) is 0 Å². The molecular formula is C14H22N2O3S. The number of sulfonamides is 1. The molecule has 1 aliphatic rings. The second-order valence-electron chi connectivity index (χ2n) is 5.08. The second-order valence-corrected chi connectivity index (χ2v) is 7.02. The molecule has 0 saturated carbocycles. The van der Waals surface area contributed by atoms with Crippen molar-refractivity contribution in [2.24, 2.45) is 0 Å². The zero-order valence-electron chi connectivity index (χ0n) is 12.2. The maximum absolute atomic E-state index is 12.6. The number of aryl methyl sites for hydroxylation is 1. The van der Waals surface area contributed by atoms with E-state index in [2.05, 4.69) is 5.32 Å². The first kappa shape index (κ1) is 15.3. The van der Waals surface area contributed by atoms with E-state index in [9.17, 15) is 8.42 Å². The van der Waals surface area contributed by atoms with Gasteiger partial charge in [-0.15, -0.1) is 0 Å². The van der Waals surface area contributed by atoms with Gasteiger partial charge in [-0.1, -0.05) is 0 Å². The highest BCUT2D eigenvalue weighted by molar-refractivity contribution is 7.89. The molecule has 0 unspecified atom stereocenters. The largest absolute Gasteiger partial charge is 0.494 e. The summed E-state index contributed by atoms with van der Waals surface area (Å²) in [5, 5.41) is 3.25. The molecule has 0 aliphatic carbocycles. The summed E-state index contributed by atoms with van der Waals surface area (Å²) in [5.74, 6) is 0.736. The molecule has 0 radical (unpaired) electrons. The van der Waals surface area contributed by atoms with Gasteiger partial charge in [0.2, 0.25) is 10.0 Å². The monoisotopic (exact) mass is 298 g/mol. The SMILES string of the molecule is CCOc1ccc(S(=O)(=O)N2CCN[C@@H](C)C2)cc1C. The molecule has 1 aromatic rings. The number of nitrogens with zero attached hydrogens (tertiary/aromatic N) is 1. The van der Waals surface area contributed by atoms with E-state index in [0.717, 1.165) is 11.3 Å². The fourth-order valence-corrected chi connectivity index (χ4v) is 3.98. The Morgan fingerprint density at radius 1 is 1.45 bits per heavy atom. The van der Waals surface area contributed by atoms with Crippen LogP contribution >= 0.6 is 0 Å². The minimum atomic E-state index is -3.41. The van der Waals surface area contributed by atoms with Gasteiger partial charge >= 0.3 is 0 Å². The third-order valence-corrected chi connectivity index (χ3v) is 5.28. The molecule has 1 aromatic carbocycles. The minimum absolute atomic E-state index is 0.183. The molecule has 1 fully saturated rings. The number of hydrogen-bond donors (Lipinski definition) is 1. The van der Waals surface area contributed by atoms with Crippen molar-refractivity contribution in [2.45, 2.75) is 31.7 Å². The van der Waals surface area contributed by atoms with Crippen LogP contribution in [0.4, 0.5) is 0 Å². The van der Waals surface area contributed by atoms with E-state index in [1.807, 2.05) is 20.8 Å². The van der Waals surface area contributed by atoms with Gasteiger partial charge in [-0.3, -0.25) is 0 Å². The number of ether oxygens (including phenoxy) is 1. The van der Waals surface area contributed by atoms with Gasteiger partial charge in [0.25, 0.3) is 0 Å². The summed E-state index contributed by atoms with van der Waals surface area (Å²) in [4.78, 5) is 0.340. The van der Waals surface area contributed by atoms with Crippen LogP contribution in [0.25, 0.3) is 0 Å². The first-order valence-corrected chi connectivity index (χ1v) is 8.36. The molecule has 1 saturated heterocycles. The molecular weight excluding hydrogens is 276 g/mol. The summed E-state index contributed by atoms with van der Waals surface area (Å²) in [6, 6.07) is 5.23. The van der Waals surface area contributed by atoms with E-state index in [0.29, 0.717) is 31.1 Å². The third-order valence-electron chi connectivity index (χ3n) is 3.42. The topological polar surface area (TPSA) is 58.6 Å². The van der Waals surface area contributed by atoms with Crippen molar-refractivity contribution in [2.75, 3.05) is 26.2 Å². The molecule has 1 aliphatic heterocycles. The average molecular weight is 298 g/mol. The van der Waals surface area contributed by atoms with Gasteiger partial charge in [0.05, 0.1) is 11.5 Å². The van der Waals surface area contributed by atoms with Crippen LogP contribution < -0.4 is 10.1 Å². The van der Waals surface area contributed by atoms with Gasteiger partial charge in [0.15, 0.2) is 0 Å². The summed E-state index contributed by atoms with van der Waals surface area (Å²) in [5.41, 5.74) is 0.844. The lowest BCUT2D eigenvalue weighted by Gasteiger charge is -2.31. The number of piperazine rings is 1. The molecule has 0 aromatic heterocycles. The Morgan fingerprint density at radius 3 is 2.80 bits per heavy atom. The Kier molecular flexibility index (Phi) is 4.67. The smallest absolute Gasteiger partial charge is 0.243 e. The van der Waals surface area contributed by atoms with Crippen LogP contribution in [0.15, 0.2) is 23.1 Å². The van der Waals surface area contributed by atoms with Crippen molar-refractivity contribution in [3.63, 3.8) is 0 Å². The van der Waals surface area contributed by atoms with Crippen molar-refractivity contribution < 1.29 is 13.2 Å². The highest BCUT2D eigenvalue weighted by Gasteiger charge is 2.28. The molecule has 1 N–H and O–H groups in total. The summed E-state index contributed by atoms with van der Waals surface area (Å²) in [6.07, 6.45) is 0. The Hall–Kier alpha value is -1.11. The van der Waals surface area contributed by atoms with E-state index in [-0.39, 0.29) is 6.04 Å². The Bertz CT molecular complexity index is 572. The van der Waals surface area contributed by atoms with E-state index < -0.39 is 10.0 Å². The highest BCUT2D eigenvalue weighted by Crippen LogP contribution is 2.24. The van der Waals surface area contributed by atoms with Gasteiger partial charge < -0.3 is 10.1 Å². The summed E-state index contributed by atoms with van der Waals surface area (Å²) < 4.78 is 32.2. The van der Waals surface area contributed by atoms with E-state index in [4.69, 9.17) is 4.74 Å². The maximum Gasteiger partial charge on any atom is 0.243 e.